The molecule has 6 nitrogen and oxygen atoms in total. The molecule has 3 aliphatic rings. The summed E-state index contributed by atoms with van der Waals surface area (Å²) in [6.07, 6.45) is 6.78. The minimum atomic E-state index is -0.667. The molecule has 1 aromatic carbocycles. The topological polar surface area (TPSA) is 74.7 Å². The number of anilines is 2. The largest absolute Gasteiger partial charge is 0.482 e. The third kappa shape index (κ3) is 4.02. The molecular weight excluding hydrogens is 421 g/mol. The second-order valence-electron chi connectivity index (χ2n) is 9.43. The van der Waals surface area contributed by atoms with Crippen LogP contribution >= 0.6 is 0 Å². The first kappa shape index (κ1) is 21.6. The summed E-state index contributed by atoms with van der Waals surface area (Å²) in [5.41, 5.74) is 2.61. The lowest BCUT2D eigenvalue weighted by Crippen LogP contribution is -2.36. The van der Waals surface area contributed by atoms with Gasteiger partial charge in [-0.1, -0.05) is 0 Å². The van der Waals surface area contributed by atoms with Crippen molar-refractivity contribution < 1.29 is 19.0 Å². The molecule has 1 saturated heterocycles. The van der Waals surface area contributed by atoms with Crippen LogP contribution in [0.5, 0.6) is 0 Å². The van der Waals surface area contributed by atoms with Crippen LogP contribution < -0.4 is 10.2 Å². The van der Waals surface area contributed by atoms with Crippen LogP contribution in [0.2, 0.25) is 0 Å². The number of amides is 1. The van der Waals surface area contributed by atoms with Crippen molar-refractivity contribution in [3.05, 3.63) is 65.3 Å². The SMILES string of the molecule is CC1(C)OC(=C2C(=O)Nc3ccc(F)cc32)C=C1c1ccc(N2CCCC(CCO)C2)nc1. The van der Waals surface area contributed by atoms with E-state index in [1.165, 1.54) is 12.1 Å². The molecule has 7 heteroatoms. The lowest BCUT2D eigenvalue weighted by Gasteiger charge is -2.33. The maximum absolute atomic E-state index is 13.9. The molecule has 5 rings (SSSR count). The highest BCUT2D eigenvalue weighted by Gasteiger charge is 2.38. The van der Waals surface area contributed by atoms with Crippen molar-refractivity contribution in [1.29, 1.82) is 0 Å². The highest BCUT2D eigenvalue weighted by Crippen LogP contribution is 2.44. The maximum atomic E-state index is 13.9. The molecule has 1 unspecified atom stereocenters. The van der Waals surface area contributed by atoms with Gasteiger partial charge >= 0.3 is 0 Å². The number of carbonyl (C=O) groups is 1. The average Bonchev–Trinajstić information content (AvgIpc) is 3.28. The minimum absolute atomic E-state index is 0.223. The van der Waals surface area contributed by atoms with Gasteiger partial charge in [-0.25, -0.2) is 9.37 Å². The molecule has 2 N–H and O–H groups in total. The number of aliphatic hydroxyl groups is 1. The first-order valence-electron chi connectivity index (χ1n) is 11.4. The minimum Gasteiger partial charge on any atom is -0.482 e. The van der Waals surface area contributed by atoms with Crippen molar-refractivity contribution in [2.45, 2.75) is 38.7 Å². The van der Waals surface area contributed by atoms with Crippen LogP contribution in [-0.4, -0.2) is 41.3 Å². The summed E-state index contributed by atoms with van der Waals surface area (Å²) in [4.78, 5) is 19.6. The highest BCUT2D eigenvalue weighted by atomic mass is 19.1. The van der Waals surface area contributed by atoms with Crippen LogP contribution in [0.25, 0.3) is 11.1 Å². The van der Waals surface area contributed by atoms with Gasteiger partial charge in [-0.3, -0.25) is 4.79 Å². The smallest absolute Gasteiger partial charge is 0.260 e. The van der Waals surface area contributed by atoms with E-state index >= 15 is 0 Å². The van der Waals surface area contributed by atoms with Gasteiger partial charge in [0.1, 0.15) is 23.0 Å². The quantitative estimate of drug-likeness (QED) is 0.678. The number of aliphatic hydroxyl groups excluding tert-OH is 1. The van der Waals surface area contributed by atoms with E-state index in [9.17, 15) is 14.3 Å². The number of allylic oxidation sites excluding steroid dienone is 1. The van der Waals surface area contributed by atoms with E-state index in [0.29, 0.717) is 28.5 Å². The second kappa shape index (κ2) is 8.30. The van der Waals surface area contributed by atoms with Crippen molar-refractivity contribution in [1.82, 2.24) is 4.98 Å². The first-order chi connectivity index (χ1) is 15.9. The van der Waals surface area contributed by atoms with Crippen LogP contribution in [-0.2, 0) is 9.53 Å². The molecule has 172 valence electrons. The summed E-state index contributed by atoms with van der Waals surface area (Å²) in [6, 6.07) is 8.30. The van der Waals surface area contributed by atoms with Gasteiger partial charge in [0.15, 0.2) is 0 Å². The first-order valence-corrected chi connectivity index (χ1v) is 11.4. The van der Waals surface area contributed by atoms with E-state index < -0.39 is 11.4 Å². The van der Waals surface area contributed by atoms with Gasteiger partial charge < -0.3 is 20.1 Å². The van der Waals surface area contributed by atoms with E-state index in [-0.39, 0.29) is 12.5 Å². The predicted molar refractivity (Wildman–Crippen MR) is 126 cm³/mol. The lowest BCUT2D eigenvalue weighted by molar-refractivity contribution is -0.111. The number of nitrogens with zero attached hydrogens (tertiary/aromatic N) is 2. The molecule has 2 aromatic rings. The summed E-state index contributed by atoms with van der Waals surface area (Å²) >= 11 is 0. The number of nitrogens with one attached hydrogen (secondary N) is 1. The zero-order chi connectivity index (χ0) is 23.2. The Bertz CT molecular complexity index is 1150. The number of halogens is 1. The monoisotopic (exact) mass is 449 g/mol. The number of piperidine rings is 1. The Morgan fingerprint density at radius 1 is 1.30 bits per heavy atom. The summed E-state index contributed by atoms with van der Waals surface area (Å²) in [5.74, 6) is 1.16. The number of carbonyl (C=O) groups excluding carboxylic acids is 1. The fraction of sp³-hybridized carbons (Fsp3) is 0.385. The number of rotatable bonds is 4. The molecule has 0 saturated carbocycles. The molecule has 0 spiro atoms. The standard InChI is InChI=1S/C26H28FN3O3/c1-26(2)20(13-22(33-26)24-19-12-18(27)6-7-21(19)29-25(24)32)17-5-8-23(28-14-17)30-10-3-4-16(15-30)9-11-31/h5-8,12-14,16,31H,3-4,9-11,15H2,1-2H3,(H,29,32). The fourth-order valence-electron chi connectivity index (χ4n) is 5.03. The average molecular weight is 450 g/mol. The number of fused-ring (bicyclic) bond motifs is 1. The van der Waals surface area contributed by atoms with Crippen LogP contribution in [0, 0.1) is 11.7 Å². The Kier molecular flexibility index (Phi) is 5.44. The van der Waals surface area contributed by atoms with E-state index in [0.717, 1.165) is 49.3 Å². The molecule has 3 aliphatic heterocycles. The predicted octanol–water partition coefficient (Wildman–Crippen LogP) is 4.38. The van der Waals surface area contributed by atoms with Crippen LogP contribution in [0.1, 0.15) is 44.2 Å². The number of ether oxygens (including phenoxy) is 1. The molecule has 1 fully saturated rings. The van der Waals surface area contributed by atoms with E-state index in [4.69, 9.17) is 9.72 Å². The highest BCUT2D eigenvalue weighted by molar-refractivity contribution is 6.32. The van der Waals surface area contributed by atoms with Gasteiger partial charge in [0.2, 0.25) is 0 Å². The Morgan fingerprint density at radius 2 is 2.15 bits per heavy atom. The zero-order valence-corrected chi connectivity index (χ0v) is 18.9. The van der Waals surface area contributed by atoms with E-state index in [1.807, 2.05) is 38.3 Å². The Labute approximate surface area is 192 Å². The fourth-order valence-corrected chi connectivity index (χ4v) is 5.03. The van der Waals surface area contributed by atoms with Gasteiger partial charge in [-0.05, 0) is 75.4 Å². The van der Waals surface area contributed by atoms with Gasteiger partial charge in [-0.15, -0.1) is 0 Å². The number of benzene rings is 1. The maximum Gasteiger partial charge on any atom is 0.260 e. The van der Waals surface area contributed by atoms with Gasteiger partial charge in [-0.2, -0.15) is 0 Å². The molecule has 0 radical (unpaired) electrons. The molecular formula is C26H28FN3O3. The second-order valence-corrected chi connectivity index (χ2v) is 9.43. The van der Waals surface area contributed by atoms with Crippen LogP contribution in [0.3, 0.4) is 0 Å². The molecule has 1 aromatic heterocycles. The lowest BCUT2D eigenvalue weighted by atomic mass is 9.93. The van der Waals surface area contributed by atoms with Crippen molar-refractivity contribution in [3.8, 4) is 0 Å². The van der Waals surface area contributed by atoms with E-state index in [2.05, 4.69) is 10.2 Å². The van der Waals surface area contributed by atoms with Gasteiger partial charge in [0.05, 0.1) is 5.57 Å². The van der Waals surface area contributed by atoms with Gasteiger partial charge in [0, 0.05) is 48.3 Å². The number of hydrogen-bond acceptors (Lipinski definition) is 5. The Balaban J connectivity index is 1.45. The Morgan fingerprint density at radius 3 is 2.91 bits per heavy atom. The van der Waals surface area contributed by atoms with Crippen LogP contribution in [0.4, 0.5) is 15.9 Å². The number of aromatic nitrogens is 1. The summed E-state index contributed by atoms with van der Waals surface area (Å²) in [7, 11) is 0. The normalized spacial score (nSPS) is 23.8. The van der Waals surface area contributed by atoms with Gasteiger partial charge in [0.25, 0.3) is 5.91 Å². The molecule has 33 heavy (non-hydrogen) atoms. The summed E-state index contributed by atoms with van der Waals surface area (Å²) in [5, 5.41) is 12.1. The molecule has 0 bridgehead atoms. The Hall–Kier alpha value is -3.19. The summed E-state index contributed by atoms with van der Waals surface area (Å²) < 4.78 is 20.1. The molecule has 4 heterocycles. The molecule has 0 aliphatic carbocycles. The van der Waals surface area contributed by atoms with Crippen LogP contribution in [0.15, 0.2) is 48.4 Å². The van der Waals surface area contributed by atoms with Crippen molar-refractivity contribution in [2.75, 3.05) is 29.9 Å². The molecule has 1 atom stereocenters. The zero-order valence-electron chi connectivity index (χ0n) is 18.9. The molecule has 1 amide bonds. The number of hydrogen-bond donors (Lipinski definition) is 2. The van der Waals surface area contributed by atoms with Crippen molar-refractivity contribution >= 4 is 28.6 Å². The summed E-state index contributed by atoms with van der Waals surface area (Å²) in [6.45, 7) is 5.99. The third-order valence-corrected chi connectivity index (χ3v) is 6.70. The number of pyridine rings is 1. The third-order valence-electron chi connectivity index (χ3n) is 6.70. The van der Waals surface area contributed by atoms with Crippen molar-refractivity contribution in [3.63, 3.8) is 0 Å². The van der Waals surface area contributed by atoms with Crippen molar-refractivity contribution in [2.24, 2.45) is 5.92 Å². The van der Waals surface area contributed by atoms with E-state index in [1.54, 1.807) is 6.07 Å².